The molecule has 3 heteroatoms. The van der Waals surface area contributed by atoms with Gasteiger partial charge in [-0.2, -0.15) is 5.10 Å². The number of benzene rings is 1. The van der Waals surface area contributed by atoms with Gasteiger partial charge in [0.2, 0.25) is 0 Å². The average molecular weight is 374 g/mol. The van der Waals surface area contributed by atoms with E-state index in [1.54, 1.807) is 0 Å². The number of anilines is 1. The fourth-order valence-electron chi connectivity index (χ4n) is 3.20. The zero-order valence-electron chi connectivity index (χ0n) is 18.0. The van der Waals surface area contributed by atoms with E-state index in [0.29, 0.717) is 0 Å². The van der Waals surface area contributed by atoms with E-state index in [0.717, 1.165) is 34.6 Å². The van der Waals surface area contributed by atoms with Crippen LogP contribution in [-0.2, 0) is 6.42 Å². The van der Waals surface area contributed by atoms with Crippen LogP contribution in [-0.4, -0.2) is 11.2 Å². The molecular weight excluding hydrogens is 342 g/mol. The number of pyridine rings is 1. The van der Waals surface area contributed by atoms with Crippen molar-refractivity contribution in [1.82, 2.24) is 4.98 Å². The molecule has 1 aliphatic heterocycles. The molecule has 0 radical (unpaired) electrons. The van der Waals surface area contributed by atoms with Crippen LogP contribution in [0.3, 0.4) is 0 Å². The number of aromatic nitrogens is 1. The summed E-state index contributed by atoms with van der Waals surface area (Å²) in [5, 5.41) is 6.53. The summed E-state index contributed by atoms with van der Waals surface area (Å²) >= 11 is 0. The van der Waals surface area contributed by atoms with Crippen LogP contribution in [0.1, 0.15) is 45.9 Å². The minimum Gasteiger partial charge on any atom is -0.259 e. The average Bonchev–Trinajstić information content (AvgIpc) is 2.70. The van der Waals surface area contributed by atoms with Gasteiger partial charge < -0.3 is 0 Å². The Hall–Kier alpha value is -2.94. The number of hydrazone groups is 1. The Kier molecular flexibility index (Phi) is 7.51. The van der Waals surface area contributed by atoms with Crippen molar-refractivity contribution in [3.63, 3.8) is 0 Å². The lowest BCUT2D eigenvalue weighted by Gasteiger charge is -2.29. The van der Waals surface area contributed by atoms with E-state index in [-0.39, 0.29) is 0 Å². The molecule has 2 heterocycles. The van der Waals surface area contributed by atoms with E-state index in [4.69, 9.17) is 0 Å². The van der Waals surface area contributed by atoms with E-state index in [9.17, 15) is 0 Å². The molecule has 0 fully saturated rings. The summed E-state index contributed by atoms with van der Waals surface area (Å²) in [6.07, 6.45) is 4.69. The van der Waals surface area contributed by atoms with Crippen molar-refractivity contribution in [3.05, 3.63) is 94.5 Å². The third kappa shape index (κ3) is 4.86. The van der Waals surface area contributed by atoms with E-state index < -0.39 is 0 Å². The maximum absolute atomic E-state index is 4.66. The minimum atomic E-state index is 0.889. The molecule has 0 spiro atoms. The maximum atomic E-state index is 4.66. The Balaban J connectivity index is 0.00000136. The van der Waals surface area contributed by atoms with Gasteiger partial charge in [0.15, 0.2) is 0 Å². The molecule has 3 rings (SSSR count). The highest BCUT2D eigenvalue weighted by Crippen LogP contribution is 2.34. The smallest absolute Gasteiger partial charge is 0.0836 e. The van der Waals surface area contributed by atoms with Crippen LogP contribution in [0, 0.1) is 6.92 Å². The molecule has 0 unspecified atom stereocenters. The van der Waals surface area contributed by atoms with Crippen molar-refractivity contribution in [3.8, 4) is 0 Å². The number of hydrogen-bond acceptors (Lipinski definition) is 3. The largest absolute Gasteiger partial charge is 0.259 e. The molecule has 28 heavy (non-hydrogen) atoms. The molecular formula is C25H31N3. The van der Waals surface area contributed by atoms with Gasteiger partial charge in [-0.05, 0) is 51.8 Å². The number of rotatable bonds is 3. The molecule has 3 nitrogen and oxygen atoms in total. The molecule has 0 saturated carbocycles. The highest BCUT2D eigenvalue weighted by molar-refractivity contribution is 5.92. The standard InChI is InChI=1S/C23H25N3.C2H6/c1-16(2)23-19(5)26(21-12-11-18(4)24-14-21)25-15-22(23)17(3)13-20-9-7-6-8-10-20;1-2/h6-12,14-15H,5,13H2,1-4H3;1-2H3/b22-17-;. The van der Waals surface area contributed by atoms with Gasteiger partial charge in [-0.3, -0.25) is 4.98 Å². The zero-order chi connectivity index (χ0) is 20.7. The first kappa shape index (κ1) is 21.4. The normalized spacial score (nSPS) is 15.1. The van der Waals surface area contributed by atoms with Gasteiger partial charge in [0, 0.05) is 16.8 Å². The molecule has 1 aliphatic rings. The number of allylic oxidation sites excluding steroid dienone is 3. The minimum absolute atomic E-state index is 0.889. The Morgan fingerprint density at radius 2 is 1.68 bits per heavy atom. The highest BCUT2D eigenvalue weighted by atomic mass is 15.5. The molecule has 2 aromatic rings. The molecule has 1 aromatic heterocycles. The van der Waals surface area contributed by atoms with Gasteiger partial charge in [-0.1, -0.05) is 61.9 Å². The summed E-state index contributed by atoms with van der Waals surface area (Å²) in [6.45, 7) is 16.7. The van der Waals surface area contributed by atoms with Gasteiger partial charge in [-0.25, -0.2) is 5.01 Å². The van der Waals surface area contributed by atoms with Gasteiger partial charge in [0.1, 0.15) is 0 Å². The molecule has 0 bridgehead atoms. The van der Waals surface area contributed by atoms with Crippen molar-refractivity contribution >= 4 is 11.9 Å². The third-order valence-corrected chi connectivity index (χ3v) is 4.53. The second kappa shape index (κ2) is 9.84. The molecule has 0 N–H and O–H groups in total. The first-order valence-corrected chi connectivity index (χ1v) is 9.85. The summed E-state index contributed by atoms with van der Waals surface area (Å²) < 4.78 is 0. The first-order valence-electron chi connectivity index (χ1n) is 9.85. The second-order valence-electron chi connectivity index (χ2n) is 6.89. The third-order valence-electron chi connectivity index (χ3n) is 4.53. The number of hydrogen-bond donors (Lipinski definition) is 0. The Labute approximate surface area is 169 Å². The molecule has 1 aromatic carbocycles. The lowest BCUT2D eigenvalue weighted by Crippen LogP contribution is -2.24. The predicted molar refractivity (Wildman–Crippen MR) is 122 cm³/mol. The fourth-order valence-corrected chi connectivity index (χ4v) is 3.20. The zero-order valence-corrected chi connectivity index (χ0v) is 18.0. The van der Waals surface area contributed by atoms with Gasteiger partial charge in [0.25, 0.3) is 0 Å². The van der Waals surface area contributed by atoms with Gasteiger partial charge >= 0.3 is 0 Å². The first-order chi connectivity index (χ1) is 13.5. The number of aryl methyl sites for hydroxylation is 1. The topological polar surface area (TPSA) is 28.5 Å². The Bertz CT molecular complexity index is 897. The highest BCUT2D eigenvalue weighted by Gasteiger charge is 2.23. The quantitative estimate of drug-likeness (QED) is 0.604. The van der Waals surface area contributed by atoms with Crippen LogP contribution in [0.15, 0.2) is 88.3 Å². The molecule has 0 saturated heterocycles. The lowest BCUT2D eigenvalue weighted by atomic mass is 9.91. The van der Waals surface area contributed by atoms with E-state index in [1.165, 1.54) is 16.7 Å². The van der Waals surface area contributed by atoms with Crippen molar-refractivity contribution < 1.29 is 0 Å². The van der Waals surface area contributed by atoms with Crippen LogP contribution < -0.4 is 5.01 Å². The van der Waals surface area contributed by atoms with Crippen LogP contribution in [0.25, 0.3) is 0 Å². The predicted octanol–water partition coefficient (Wildman–Crippen LogP) is 6.63. The van der Waals surface area contributed by atoms with Crippen LogP contribution in [0.2, 0.25) is 0 Å². The summed E-state index contributed by atoms with van der Waals surface area (Å²) in [5.74, 6) is 0. The maximum Gasteiger partial charge on any atom is 0.0836 e. The van der Waals surface area contributed by atoms with Crippen molar-refractivity contribution in [1.29, 1.82) is 0 Å². The second-order valence-corrected chi connectivity index (χ2v) is 6.89. The van der Waals surface area contributed by atoms with E-state index in [1.807, 2.05) is 56.4 Å². The molecule has 0 amide bonds. The van der Waals surface area contributed by atoms with Crippen molar-refractivity contribution in [2.75, 3.05) is 5.01 Å². The molecule has 146 valence electrons. The van der Waals surface area contributed by atoms with Crippen LogP contribution in [0.4, 0.5) is 5.69 Å². The fraction of sp³-hybridized carbons (Fsp3) is 0.280. The van der Waals surface area contributed by atoms with E-state index in [2.05, 4.69) is 61.7 Å². The summed E-state index contributed by atoms with van der Waals surface area (Å²) in [6, 6.07) is 14.5. The van der Waals surface area contributed by atoms with Gasteiger partial charge in [-0.15, -0.1) is 0 Å². The lowest BCUT2D eigenvalue weighted by molar-refractivity contribution is 0.971. The molecule has 0 aliphatic carbocycles. The summed E-state index contributed by atoms with van der Waals surface area (Å²) in [5.41, 5.74) is 8.95. The van der Waals surface area contributed by atoms with Gasteiger partial charge in [0.05, 0.1) is 23.8 Å². The monoisotopic (exact) mass is 373 g/mol. The SMILES string of the molecule is C=C1C(=C(C)C)/C(=C(/C)Cc2ccccc2)C=NN1c1ccc(C)nc1.CC. The number of nitrogens with zero attached hydrogens (tertiary/aromatic N) is 3. The van der Waals surface area contributed by atoms with Crippen molar-refractivity contribution in [2.45, 2.75) is 48.0 Å². The van der Waals surface area contributed by atoms with Crippen LogP contribution >= 0.6 is 0 Å². The van der Waals surface area contributed by atoms with E-state index >= 15 is 0 Å². The van der Waals surface area contributed by atoms with Crippen molar-refractivity contribution in [2.24, 2.45) is 5.10 Å². The summed E-state index contributed by atoms with van der Waals surface area (Å²) in [7, 11) is 0. The Morgan fingerprint density at radius 1 is 1.00 bits per heavy atom. The molecule has 0 atom stereocenters. The Morgan fingerprint density at radius 3 is 2.25 bits per heavy atom. The summed E-state index contributed by atoms with van der Waals surface area (Å²) in [4.78, 5) is 4.38. The van der Waals surface area contributed by atoms with Crippen LogP contribution in [0.5, 0.6) is 0 Å².